The summed E-state index contributed by atoms with van der Waals surface area (Å²) < 4.78 is 10.8. The topological polar surface area (TPSA) is 62.4 Å². The molecule has 1 aromatic heterocycles. The summed E-state index contributed by atoms with van der Waals surface area (Å²) in [7, 11) is 7.44. The number of aromatic amines is 1. The van der Waals surface area contributed by atoms with Crippen LogP contribution in [0.5, 0.6) is 11.5 Å². The lowest BCUT2D eigenvalue weighted by Gasteiger charge is -2.26. The number of benzene rings is 2. The molecule has 2 N–H and O–H groups in total. The lowest BCUT2D eigenvalue weighted by atomic mass is 10.0. The average molecular weight is 415 g/mol. The van der Waals surface area contributed by atoms with E-state index in [0.29, 0.717) is 6.54 Å². The molecular weight excluding hydrogens is 388 g/mol. The zero-order valence-corrected chi connectivity index (χ0v) is 18.0. The molecule has 0 bridgehead atoms. The quantitative estimate of drug-likeness (QED) is 0.551. The molecule has 0 aliphatic heterocycles. The molecule has 3 aromatic rings. The molecular formula is C22H27ClN4O2. The Labute approximate surface area is 176 Å². The smallest absolute Gasteiger partial charge is 0.161 e. The van der Waals surface area contributed by atoms with Crippen LogP contribution in [0.4, 0.5) is 0 Å². The number of aromatic nitrogens is 2. The monoisotopic (exact) mass is 414 g/mol. The molecule has 0 unspecified atom stereocenters. The highest BCUT2D eigenvalue weighted by Crippen LogP contribution is 2.31. The summed E-state index contributed by atoms with van der Waals surface area (Å²) in [4.78, 5) is 2.18. The molecule has 1 heterocycles. The second-order valence-corrected chi connectivity index (χ2v) is 7.44. The second-order valence-electron chi connectivity index (χ2n) is 7.00. The number of ether oxygens (including phenoxy) is 2. The minimum absolute atomic E-state index is 0.181. The van der Waals surface area contributed by atoms with Gasteiger partial charge in [0, 0.05) is 29.7 Å². The van der Waals surface area contributed by atoms with Crippen LogP contribution in [0.1, 0.15) is 17.2 Å². The van der Waals surface area contributed by atoms with Crippen LogP contribution < -0.4 is 14.8 Å². The number of halogens is 1. The Morgan fingerprint density at radius 1 is 1.07 bits per heavy atom. The van der Waals surface area contributed by atoms with Crippen LogP contribution in [0, 0.1) is 0 Å². The fourth-order valence-corrected chi connectivity index (χ4v) is 3.44. The van der Waals surface area contributed by atoms with E-state index in [4.69, 9.17) is 21.1 Å². The molecule has 0 saturated heterocycles. The van der Waals surface area contributed by atoms with Crippen molar-refractivity contribution in [3.05, 3.63) is 64.8 Å². The normalized spacial score (nSPS) is 12.2. The van der Waals surface area contributed by atoms with Crippen molar-refractivity contribution in [2.45, 2.75) is 12.6 Å². The standard InChI is InChI=1S/C22H27ClN4O2/c1-27(2)19(16-7-10-20(28-3)21(11-16)29-4)14-24-12-17-13-25-26-22(17)15-5-8-18(23)9-6-15/h5-11,13,19,24H,12,14H2,1-4H3,(H,25,26)/t19-/m0/s1. The molecule has 0 radical (unpaired) electrons. The van der Waals surface area contributed by atoms with E-state index in [2.05, 4.69) is 40.6 Å². The van der Waals surface area contributed by atoms with E-state index >= 15 is 0 Å². The number of H-pyrrole nitrogens is 1. The van der Waals surface area contributed by atoms with E-state index in [-0.39, 0.29) is 6.04 Å². The molecule has 0 aliphatic carbocycles. The van der Waals surface area contributed by atoms with Crippen LogP contribution in [0.15, 0.2) is 48.7 Å². The molecule has 3 rings (SSSR count). The maximum atomic E-state index is 6.00. The molecule has 2 aromatic carbocycles. The number of nitrogens with one attached hydrogen (secondary N) is 2. The van der Waals surface area contributed by atoms with Gasteiger partial charge in [-0.25, -0.2) is 0 Å². The van der Waals surface area contributed by atoms with Crippen molar-refractivity contribution in [3.8, 4) is 22.8 Å². The highest BCUT2D eigenvalue weighted by molar-refractivity contribution is 6.30. The zero-order valence-electron chi connectivity index (χ0n) is 17.2. The van der Waals surface area contributed by atoms with Crippen molar-refractivity contribution in [1.82, 2.24) is 20.4 Å². The van der Waals surface area contributed by atoms with Crippen molar-refractivity contribution in [2.75, 3.05) is 34.9 Å². The largest absolute Gasteiger partial charge is 0.493 e. The SMILES string of the molecule is COc1ccc([C@H](CNCc2cn[nH]c2-c2ccc(Cl)cc2)N(C)C)cc1OC. The molecule has 0 saturated carbocycles. The molecule has 0 spiro atoms. The van der Waals surface area contributed by atoms with Gasteiger partial charge in [0.25, 0.3) is 0 Å². The molecule has 7 heteroatoms. The fraction of sp³-hybridized carbons (Fsp3) is 0.318. The maximum Gasteiger partial charge on any atom is 0.161 e. The predicted octanol–water partition coefficient (Wildman–Crippen LogP) is 4.14. The van der Waals surface area contributed by atoms with Gasteiger partial charge in [-0.05, 0) is 49.5 Å². The van der Waals surface area contributed by atoms with Gasteiger partial charge in [-0.2, -0.15) is 5.10 Å². The van der Waals surface area contributed by atoms with Crippen LogP contribution in [0.25, 0.3) is 11.3 Å². The first-order valence-electron chi connectivity index (χ1n) is 9.40. The third-order valence-corrected chi connectivity index (χ3v) is 5.17. The van der Waals surface area contributed by atoms with Crippen molar-refractivity contribution >= 4 is 11.6 Å². The minimum atomic E-state index is 0.181. The number of hydrogen-bond donors (Lipinski definition) is 2. The maximum absolute atomic E-state index is 6.00. The first-order chi connectivity index (χ1) is 14.0. The Hall–Kier alpha value is -2.54. The van der Waals surface area contributed by atoms with Crippen LogP contribution in [-0.2, 0) is 6.54 Å². The van der Waals surface area contributed by atoms with E-state index in [1.54, 1.807) is 14.2 Å². The number of hydrogen-bond acceptors (Lipinski definition) is 5. The molecule has 6 nitrogen and oxygen atoms in total. The zero-order chi connectivity index (χ0) is 20.8. The summed E-state index contributed by atoms with van der Waals surface area (Å²) in [5.41, 5.74) is 4.33. The lowest BCUT2D eigenvalue weighted by molar-refractivity contribution is 0.286. The number of nitrogens with zero attached hydrogens (tertiary/aromatic N) is 2. The third-order valence-electron chi connectivity index (χ3n) is 4.92. The average Bonchev–Trinajstić information content (AvgIpc) is 3.19. The van der Waals surface area contributed by atoms with E-state index in [1.807, 2.05) is 42.6 Å². The Morgan fingerprint density at radius 2 is 1.79 bits per heavy atom. The van der Waals surface area contributed by atoms with Gasteiger partial charge in [0.1, 0.15) is 0 Å². The number of rotatable bonds is 9. The third kappa shape index (κ3) is 5.09. The van der Waals surface area contributed by atoms with Crippen molar-refractivity contribution in [2.24, 2.45) is 0 Å². The van der Waals surface area contributed by atoms with Crippen LogP contribution in [0.2, 0.25) is 5.02 Å². The van der Waals surface area contributed by atoms with Crippen molar-refractivity contribution < 1.29 is 9.47 Å². The lowest BCUT2D eigenvalue weighted by Crippen LogP contribution is -2.30. The van der Waals surface area contributed by atoms with E-state index in [1.165, 1.54) is 0 Å². The van der Waals surface area contributed by atoms with Gasteiger partial charge in [0.05, 0.1) is 26.1 Å². The van der Waals surface area contributed by atoms with Crippen molar-refractivity contribution in [1.29, 1.82) is 0 Å². The molecule has 0 aliphatic rings. The van der Waals surface area contributed by atoms with E-state index < -0.39 is 0 Å². The Kier molecular flexibility index (Phi) is 7.14. The van der Waals surface area contributed by atoms with Gasteiger partial charge >= 0.3 is 0 Å². The van der Waals surface area contributed by atoms with Crippen LogP contribution in [0.3, 0.4) is 0 Å². The van der Waals surface area contributed by atoms with Gasteiger partial charge in [0.2, 0.25) is 0 Å². The van der Waals surface area contributed by atoms with Crippen LogP contribution >= 0.6 is 11.6 Å². The second kappa shape index (κ2) is 9.78. The highest BCUT2D eigenvalue weighted by atomic mass is 35.5. The van der Waals surface area contributed by atoms with Crippen molar-refractivity contribution in [3.63, 3.8) is 0 Å². The van der Waals surface area contributed by atoms with Crippen LogP contribution in [-0.4, -0.2) is 50.0 Å². The van der Waals surface area contributed by atoms with Gasteiger partial charge in [0.15, 0.2) is 11.5 Å². The van der Waals surface area contributed by atoms with Gasteiger partial charge in [-0.3, -0.25) is 5.10 Å². The first kappa shape index (κ1) is 21.2. The molecule has 29 heavy (non-hydrogen) atoms. The van der Waals surface area contributed by atoms with Gasteiger partial charge in [-0.1, -0.05) is 29.8 Å². The molecule has 154 valence electrons. The summed E-state index contributed by atoms with van der Waals surface area (Å²) in [6.45, 7) is 1.47. The fourth-order valence-electron chi connectivity index (χ4n) is 3.31. The molecule has 0 fully saturated rings. The first-order valence-corrected chi connectivity index (χ1v) is 9.78. The predicted molar refractivity (Wildman–Crippen MR) is 117 cm³/mol. The summed E-state index contributed by atoms with van der Waals surface area (Å²) in [6, 6.07) is 14.0. The number of likely N-dealkylation sites (N-methyl/N-ethyl adjacent to an activating group) is 1. The molecule has 1 atom stereocenters. The van der Waals surface area contributed by atoms with E-state index in [0.717, 1.165) is 45.5 Å². The summed E-state index contributed by atoms with van der Waals surface area (Å²) in [5.74, 6) is 1.46. The van der Waals surface area contributed by atoms with Gasteiger partial charge in [-0.15, -0.1) is 0 Å². The Balaban J connectivity index is 1.70. The van der Waals surface area contributed by atoms with E-state index in [9.17, 15) is 0 Å². The Morgan fingerprint density at radius 3 is 2.45 bits per heavy atom. The highest BCUT2D eigenvalue weighted by Gasteiger charge is 2.17. The number of methoxy groups -OCH3 is 2. The Bertz CT molecular complexity index is 925. The minimum Gasteiger partial charge on any atom is -0.493 e. The summed E-state index contributed by atoms with van der Waals surface area (Å²) in [5, 5.41) is 11.6. The summed E-state index contributed by atoms with van der Waals surface area (Å²) in [6.07, 6.45) is 1.86. The van der Waals surface area contributed by atoms with Gasteiger partial charge < -0.3 is 19.7 Å². The molecule has 0 amide bonds. The summed E-state index contributed by atoms with van der Waals surface area (Å²) >= 11 is 6.00.